The first-order valence-electron chi connectivity index (χ1n) is 21.2. The molecule has 0 amide bonds. The van der Waals surface area contributed by atoms with Crippen LogP contribution in [0.1, 0.15) is 0 Å². The Morgan fingerprint density at radius 1 is 0.274 bits per heavy atom. The van der Waals surface area contributed by atoms with E-state index in [0.29, 0.717) is 0 Å². The van der Waals surface area contributed by atoms with E-state index in [0.717, 1.165) is 61.3 Å². The third-order valence-electron chi connectivity index (χ3n) is 12.5. The number of para-hydroxylation sites is 2. The Morgan fingerprint density at radius 2 is 0.855 bits per heavy atom. The van der Waals surface area contributed by atoms with E-state index in [1.807, 2.05) is 0 Å². The van der Waals surface area contributed by atoms with Gasteiger partial charge in [-0.2, -0.15) is 0 Å². The molecule has 0 saturated carbocycles. The van der Waals surface area contributed by atoms with Crippen molar-refractivity contribution in [2.24, 2.45) is 0 Å². The summed E-state index contributed by atoms with van der Waals surface area (Å²) in [5.41, 5.74) is 14.1. The van der Waals surface area contributed by atoms with Crippen molar-refractivity contribution in [2.75, 3.05) is 4.90 Å². The van der Waals surface area contributed by atoms with Crippen molar-refractivity contribution < 1.29 is 4.42 Å². The second-order valence-corrected chi connectivity index (χ2v) is 16.0. The molecule has 11 aromatic carbocycles. The number of hydrogen-bond donors (Lipinski definition) is 0. The molecular formula is C60H39NO. The zero-order valence-corrected chi connectivity index (χ0v) is 33.9. The standard InChI is InChI=1S/C60H39NO/c1-3-15-40(16-4-1)46-32-36-58(55(37-46)41-17-5-2-6-18-41)61(47-33-29-43(30-34-47)49-24-13-25-50-48-22-10-9-19-42(48)31-35-51(49)50)57-28-12-11-23-52(57)53-26-14-27-54-56-38-44-20-7-8-21-45(44)39-59(56)62-60(53)54/h1-39H. The number of furan rings is 1. The fraction of sp³-hybridized carbons (Fsp3) is 0. The van der Waals surface area contributed by atoms with Gasteiger partial charge in [-0.25, -0.2) is 0 Å². The van der Waals surface area contributed by atoms with E-state index in [9.17, 15) is 0 Å². The van der Waals surface area contributed by atoms with Crippen molar-refractivity contribution in [1.82, 2.24) is 0 Å². The van der Waals surface area contributed by atoms with Crippen LogP contribution < -0.4 is 4.90 Å². The molecule has 0 N–H and O–H groups in total. The summed E-state index contributed by atoms with van der Waals surface area (Å²) in [5.74, 6) is 0. The van der Waals surface area contributed by atoms with Gasteiger partial charge in [-0.3, -0.25) is 0 Å². The van der Waals surface area contributed by atoms with E-state index in [4.69, 9.17) is 4.42 Å². The van der Waals surface area contributed by atoms with Crippen LogP contribution in [0.25, 0.3) is 98.8 Å². The summed E-state index contributed by atoms with van der Waals surface area (Å²) in [6.45, 7) is 0. The van der Waals surface area contributed by atoms with Gasteiger partial charge in [-0.1, -0.05) is 194 Å². The average molecular weight is 790 g/mol. The largest absolute Gasteiger partial charge is 0.455 e. The summed E-state index contributed by atoms with van der Waals surface area (Å²) in [4.78, 5) is 2.43. The third kappa shape index (κ3) is 6.04. The first-order chi connectivity index (χ1) is 30.7. The minimum absolute atomic E-state index is 0.881. The second kappa shape index (κ2) is 14.8. The molecule has 0 radical (unpaired) electrons. The number of benzene rings is 11. The summed E-state index contributed by atoms with van der Waals surface area (Å²) >= 11 is 0. The van der Waals surface area contributed by atoms with Gasteiger partial charge in [0.1, 0.15) is 11.2 Å². The fourth-order valence-corrected chi connectivity index (χ4v) is 9.47. The minimum atomic E-state index is 0.881. The monoisotopic (exact) mass is 789 g/mol. The lowest BCUT2D eigenvalue weighted by atomic mass is 9.93. The molecule has 12 aromatic rings. The summed E-state index contributed by atoms with van der Waals surface area (Å²) < 4.78 is 6.86. The molecule has 1 aromatic heterocycles. The summed E-state index contributed by atoms with van der Waals surface area (Å²) in [7, 11) is 0. The van der Waals surface area contributed by atoms with E-state index in [1.165, 1.54) is 54.6 Å². The lowest BCUT2D eigenvalue weighted by Gasteiger charge is -2.30. The normalized spacial score (nSPS) is 11.5. The van der Waals surface area contributed by atoms with Crippen LogP contribution in [0.5, 0.6) is 0 Å². The fourth-order valence-electron chi connectivity index (χ4n) is 9.47. The molecule has 2 nitrogen and oxygen atoms in total. The van der Waals surface area contributed by atoms with Crippen LogP contribution >= 0.6 is 0 Å². The van der Waals surface area contributed by atoms with Crippen LogP contribution in [0, 0.1) is 0 Å². The zero-order valence-electron chi connectivity index (χ0n) is 33.9. The van der Waals surface area contributed by atoms with Crippen LogP contribution in [-0.2, 0) is 0 Å². The van der Waals surface area contributed by atoms with Gasteiger partial charge in [0.05, 0.1) is 11.4 Å². The Labute approximate surface area is 360 Å². The Morgan fingerprint density at radius 3 is 1.66 bits per heavy atom. The van der Waals surface area contributed by atoms with Crippen LogP contribution in [0.15, 0.2) is 241 Å². The third-order valence-corrected chi connectivity index (χ3v) is 12.5. The van der Waals surface area contributed by atoms with Gasteiger partial charge in [0.15, 0.2) is 0 Å². The molecule has 0 aliphatic rings. The molecule has 0 bridgehead atoms. The SMILES string of the molecule is c1ccc(-c2ccc(N(c3ccc(-c4cccc5c4ccc4ccccc45)cc3)c3ccccc3-c3cccc4c3oc3cc5ccccc5cc34)c(-c3ccccc3)c2)cc1. The Bertz CT molecular complexity index is 3620. The predicted octanol–water partition coefficient (Wildman–Crippen LogP) is 17.2. The highest BCUT2D eigenvalue weighted by Crippen LogP contribution is 2.48. The van der Waals surface area contributed by atoms with Gasteiger partial charge >= 0.3 is 0 Å². The molecule has 12 rings (SSSR count). The smallest absolute Gasteiger partial charge is 0.143 e. The number of rotatable bonds is 7. The molecule has 62 heavy (non-hydrogen) atoms. The zero-order chi connectivity index (χ0) is 41.0. The maximum Gasteiger partial charge on any atom is 0.143 e. The van der Waals surface area contributed by atoms with Gasteiger partial charge in [-0.05, 0) is 103 Å². The Kier molecular flexibility index (Phi) is 8.53. The summed E-state index contributed by atoms with van der Waals surface area (Å²) in [5, 5.41) is 9.62. The molecule has 0 fully saturated rings. The van der Waals surface area contributed by atoms with Gasteiger partial charge in [0.25, 0.3) is 0 Å². The van der Waals surface area contributed by atoms with Crippen molar-refractivity contribution >= 4 is 71.3 Å². The maximum atomic E-state index is 6.86. The molecule has 0 spiro atoms. The van der Waals surface area contributed by atoms with Crippen LogP contribution in [0.2, 0.25) is 0 Å². The van der Waals surface area contributed by atoms with Crippen LogP contribution in [0.4, 0.5) is 17.1 Å². The van der Waals surface area contributed by atoms with Gasteiger partial charge in [0, 0.05) is 33.2 Å². The van der Waals surface area contributed by atoms with E-state index in [1.54, 1.807) is 0 Å². The Hall–Kier alpha value is -8.20. The summed E-state index contributed by atoms with van der Waals surface area (Å²) in [6.07, 6.45) is 0. The molecule has 0 unspecified atom stereocenters. The van der Waals surface area contributed by atoms with Gasteiger partial charge in [-0.15, -0.1) is 0 Å². The molecule has 1 heterocycles. The highest BCUT2D eigenvalue weighted by atomic mass is 16.3. The highest BCUT2D eigenvalue weighted by molar-refractivity contribution is 6.15. The van der Waals surface area contributed by atoms with Gasteiger partial charge < -0.3 is 9.32 Å². The number of fused-ring (bicyclic) bond motifs is 7. The molecule has 0 aliphatic heterocycles. The van der Waals surface area contributed by atoms with E-state index in [2.05, 4.69) is 241 Å². The van der Waals surface area contributed by atoms with E-state index in [-0.39, 0.29) is 0 Å². The van der Waals surface area contributed by atoms with Crippen LogP contribution in [-0.4, -0.2) is 0 Å². The Balaban J connectivity index is 1.08. The van der Waals surface area contributed by atoms with Crippen molar-refractivity contribution in [3.63, 3.8) is 0 Å². The lowest BCUT2D eigenvalue weighted by molar-refractivity contribution is 0.670. The van der Waals surface area contributed by atoms with Crippen molar-refractivity contribution in [2.45, 2.75) is 0 Å². The van der Waals surface area contributed by atoms with Crippen molar-refractivity contribution in [3.8, 4) is 44.5 Å². The number of nitrogens with zero attached hydrogens (tertiary/aromatic N) is 1. The van der Waals surface area contributed by atoms with Crippen molar-refractivity contribution in [1.29, 1.82) is 0 Å². The van der Waals surface area contributed by atoms with Gasteiger partial charge in [0.2, 0.25) is 0 Å². The predicted molar refractivity (Wildman–Crippen MR) is 263 cm³/mol. The molecule has 2 heteroatoms. The number of anilines is 3. The topological polar surface area (TPSA) is 16.4 Å². The molecule has 0 saturated heterocycles. The molecule has 290 valence electrons. The quantitative estimate of drug-likeness (QED) is 0.150. The average Bonchev–Trinajstić information content (AvgIpc) is 3.71. The maximum absolute atomic E-state index is 6.86. The first-order valence-corrected chi connectivity index (χ1v) is 21.2. The van der Waals surface area contributed by atoms with Crippen LogP contribution in [0.3, 0.4) is 0 Å². The summed E-state index contributed by atoms with van der Waals surface area (Å²) in [6, 6.07) is 85.5. The van der Waals surface area contributed by atoms with E-state index >= 15 is 0 Å². The minimum Gasteiger partial charge on any atom is -0.455 e. The van der Waals surface area contributed by atoms with E-state index < -0.39 is 0 Å². The lowest BCUT2D eigenvalue weighted by Crippen LogP contribution is -2.12. The molecule has 0 aliphatic carbocycles. The first kappa shape index (κ1) is 35.7. The highest BCUT2D eigenvalue weighted by Gasteiger charge is 2.23. The number of hydrogen-bond acceptors (Lipinski definition) is 2. The van der Waals surface area contributed by atoms with Crippen molar-refractivity contribution in [3.05, 3.63) is 237 Å². The molecule has 0 atom stereocenters. The molecular weight excluding hydrogens is 751 g/mol. The second-order valence-electron chi connectivity index (χ2n) is 16.0.